The standard InChI is InChI=1S/C22H25ClN2O5S/c1-15-5-4-10-25(13-15)31(27,28)21-11-16(8-9-18(21)23)22(26)24-12-17-14-29-19-6-2-3-7-20(19)30-17/h2-3,6-9,11,15,17H,4-5,10,12-14H2,1H3,(H,24,26)/t15-,17+/m0/s1. The molecular formula is C22H25ClN2O5S. The first-order valence-corrected chi connectivity index (χ1v) is 12.1. The minimum Gasteiger partial charge on any atom is -0.486 e. The van der Waals surface area contributed by atoms with E-state index in [2.05, 4.69) is 5.32 Å². The fourth-order valence-corrected chi connectivity index (χ4v) is 5.92. The summed E-state index contributed by atoms with van der Waals surface area (Å²) in [5, 5.41) is 2.90. The van der Waals surface area contributed by atoms with Crippen LogP contribution in [0, 0.1) is 5.92 Å². The summed E-state index contributed by atoms with van der Waals surface area (Å²) in [4.78, 5) is 12.7. The van der Waals surface area contributed by atoms with E-state index in [0.717, 1.165) is 12.8 Å². The van der Waals surface area contributed by atoms with Crippen molar-refractivity contribution in [1.29, 1.82) is 0 Å². The fourth-order valence-electron chi connectivity index (χ4n) is 3.82. The zero-order valence-electron chi connectivity index (χ0n) is 17.2. The predicted octanol–water partition coefficient (Wildman–Crippen LogP) is 3.33. The Balaban J connectivity index is 1.45. The number of para-hydroxylation sites is 2. The van der Waals surface area contributed by atoms with Crippen molar-refractivity contribution < 1.29 is 22.7 Å². The van der Waals surface area contributed by atoms with Crippen LogP contribution < -0.4 is 14.8 Å². The Morgan fingerprint density at radius 3 is 2.77 bits per heavy atom. The van der Waals surface area contributed by atoms with Gasteiger partial charge in [0.15, 0.2) is 11.5 Å². The predicted molar refractivity (Wildman–Crippen MR) is 117 cm³/mol. The molecule has 0 aromatic heterocycles. The SMILES string of the molecule is C[C@H]1CCCN(S(=O)(=O)c2cc(C(=O)NC[C@@H]3COc4ccccc4O3)ccc2Cl)C1. The maximum absolute atomic E-state index is 13.1. The van der Waals surface area contributed by atoms with Crippen molar-refractivity contribution in [2.24, 2.45) is 5.92 Å². The molecule has 4 rings (SSSR count). The number of rotatable bonds is 5. The third-order valence-corrected chi connectivity index (χ3v) is 7.84. The molecule has 2 atom stereocenters. The number of carbonyl (C=O) groups is 1. The molecule has 0 spiro atoms. The van der Waals surface area contributed by atoms with Crippen LogP contribution in [-0.2, 0) is 10.0 Å². The zero-order valence-corrected chi connectivity index (χ0v) is 18.8. The van der Waals surface area contributed by atoms with Crippen LogP contribution >= 0.6 is 11.6 Å². The van der Waals surface area contributed by atoms with Crippen molar-refractivity contribution in [2.45, 2.75) is 30.8 Å². The summed E-state index contributed by atoms with van der Waals surface area (Å²) in [6, 6.07) is 11.7. The second-order valence-corrected chi connectivity index (χ2v) is 10.3. The third-order valence-electron chi connectivity index (χ3n) is 5.49. The molecule has 31 heavy (non-hydrogen) atoms. The second-order valence-electron chi connectivity index (χ2n) is 7.96. The number of nitrogens with one attached hydrogen (secondary N) is 1. The lowest BCUT2D eigenvalue weighted by Gasteiger charge is -2.30. The Kier molecular flexibility index (Phi) is 6.41. The summed E-state index contributed by atoms with van der Waals surface area (Å²) in [5.74, 6) is 1.19. The molecule has 2 aromatic carbocycles. The van der Waals surface area contributed by atoms with Gasteiger partial charge in [0.05, 0.1) is 11.6 Å². The van der Waals surface area contributed by atoms with Crippen LogP contribution in [-0.4, -0.2) is 51.0 Å². The smallest absolute Gasteiger partial charge is 0.251 e. The van der Waals surface area contributed by atoms with E-state index in [-0.39, 0.29) is 34.0 Å². The highest BCUT2D eigenvalue weighted by Gasteiger charge is 2.31. The average Bonchev–Trinajstić information content (AvgIpc) is 2.77. The van der Waals surface area contributed by atoms with E-state index in [4.69, 9.17) is 21.1 Å². The highest BCUT2D eigenvalue weighted by atomic mass is 35.5. The normalized spacial score (nSPS) is 21.5. The third kappa shape index (κ3) is 4.81. The van der Waals surface area contributed by atoms with Gasteiger partial charge in [0.1, 0.15) is 17.6 Å². The Hall–Kier alpha value is -2.29. The number of carbonyl (C=O) groups excluding carboxylic acids is 1. The molecule has 0 unspecified atom stereocenters. The van der Waals surface area contributed by atoms with Crippen molar-refractivity contribution in [3.63, 3.8) is 0 Å². The van der Waals surface area contributed by atoms with E-state index in [0.29, 0.717) is 31.2 Å². The van der Waals surface area contributed by atoms with Crippen molar-refractivity contribution >= 4 is 27.5 Å². The van der Waals surface area contributed by atoms with Gasteiger partial charge in [-0.2, -0.15) is 4.31 Å². The first-order valence-electron chi connectivity index (χ1n) is 10.3. The molecule has 2 aliphatic heterocycles. The van der Waals surface area contributed by atoms with E-state index in [1.165, 1.54) is 22.5 Å². The van der Waals surface area contributed by atoms with E-state index < -0.39 is 15.9 Å². The molecule has 2 aliphatic rings. The summed E-state index contributed by atoms with van der Waals surface area (Å²) < 4.78 is 39.2. The van der Waals surface area contributed by atoms with Crippen LogP contribution in [0.5, 0.6) is 11.5 Å². The quantitative estimate of drug-likeness (QED) is 0.733. The number of nitrogens with zero attached hydrogens (tertiary/aromatic N) is 1. The first kappa shape index (κ1) is 21.9. The van der Waals surface area contributed by atoms with E-state index >= 15 is 0 Å². The molecule has 1 fully saturated rings. The zero-order chi connectivity index (χ0) is 22.0. The second kappa shape index (κ2) is 9.06. The average molecular weight is 465 g/mol. The number of benzene rings is 2. The molecule has 0 bridgehead atoms. The highest BCUT2D eigenvalue weighted by molar-refractivity contribution is 7.89. The van der Waals surface area contributed by atoms with Crippen molar-refractivity contribution in [3.8, 4) is 11.5 Å². The Bertz CT molecular complexity index is 1080. The van der Waals surface area contributed by atoms with Gasteiger partial charge in [0.25, 0.3) is 5.91 Å². The van der Waals surface area contributed by atoms with Gasteiger partial charge in [-0.25, -0.2) is 8.42 Å². The summed E-state index contributed by atoms with van der Waals surface area (Å²) in [6.45, 7) is 3.48. The molecule has 7 nitrogen and oxygen atoms in total. The summed E-state index contributed by atoms with van der Waals surface area (Å²) in [7, 11) is -3.77. The van der Waals surface area contributed by atoms with Crippen LogP contribution in [0.3, 0.4) is 0 Å². The Labute approximate surface area is 187 Å². The Morgan fingerprint density at radius 2 is 2.00 bits per heavy atom. The number of sulfonamides is 1. The van der Waals surface area contributed by atoms with Gasteiger partial charge in [-0.15, -0.1) is 0 Å². The van der Waals surface area contributed by atoms with Gasteiger partial charge in [0.2, 0.25) is 10.0 Å². The summed E-state index contributed by atoms with van der Waals surface area (Å²) in [5.41, 5.74) is 0.227. The largest absolute Gasteiger partial charge is 0.486 e. The molecule has 9 heteroatoms. The minimum absolute atomic E-state index is 0.0397. The van der Waals surface area contributed by atoms with E-state index in [1.54, 1.807) is 6.07 Å². The maximum Gasteiger partial charge on any atom is 0.251 e. The first-order chi connectivity index (χ1) is 14.8. The van der Waals surface area contributed by atoms with Crippen LogP contribution in [0.25, 0.3) is 0 Å². The number of fused-ring (bicyclic) bond motifs is 1. The summed E-state index contributed by atoms with van der Waals surface area (Å²) >= 11 is 6.21. The van der Waals surface area contributed by atoms with Gasteiger partial charge in [0, 0.05) is 18.7 Å². The lowest BCUT2D eigenvalue weighted by molar-refractivity contribution is 0.0789. The van der Waals surface area contributed by atoms with Crippen molar-refractivity contribution in [3.05, 3.63) is 53.1 Å². The fraction of sp³-hybridized carbons (Fsp3) is 0.409. The van der Waals surface area contributed by atoms with Crippen LogP contribution in [0.2, 0.25) is 5.02 Å². The topological polar surface area (TPSA) is 84.9 Å². The van der Waals surface area contributed by atoms with Crippen LogP contribution in [0.15, 0.2) is 47.4 Å². The number of hydrogen-bond donors (Lipinski definition) is 1. The molecule has 0 aliphatic carbocycles. The van der Waals surface area contributed by atoms with E-state index in [9.17, 15) is 13.2 Å². The molecular weight excluding hydrogens is 440 g/mol. The van der Waals surface area contributed by atoms with Gasteiger partial charge in [-0.1, -0.05) is 30.7 Å². The molecule has 0 radical (unpaired) electrons. The van der Waals surface area contributed by atoms with Gasteiger partial charge in [-0.3, -0.25) is 4.79 Å². The van der Waals surface area contributed by atoms with Gasteiger partial charge >= 0.3 is 0 Å². The van der Waals surface area contributed by atoms with Crippen molar-refractivity contribution in [2.75, 3.05) is 26.2 Å². The molecule has 1 amide bonds. The number of amides is 1. The molecule has 2 heterocycles. The maximum atomic E-state index is 13.1. The lowest BCUT2D eigenvalue weighted by Crippen LogP contribution is -2.41. The summed E-state index contributed by atoms with van der Waals surface area (Å²) in [6.07, 6.45) is 1.47. The van der Waals surface area contributed by atoms with Gasteiger partial charge < -0.3 is 14.8 Å². The van der Waals surface area contributed by atoms with Crippen LogP contribution in [0.1, 0.15) is 30.1 Å². The molecule has 1 saturated heterocycles. The molecule has 166 valence electrons. The number of ether oxygens (including phenoxy) is 2. The Morgan fingerprint density at radius 1 is 1.23 bits per heavy atom. The number of halogens is 1. The molecule has 2 aromatic rings. The lowest BCUT2D eigenvalue weighted by atomic mass is 10.0. The monoisotopic (exact) mass is 464 g/mol. The van der Waals surface area contributed by atoms with Gasteiger partial charge in [-0.05, 0) is 49.1 Å². The minimum atomic E-state index is -3.77. The number of hydrogen-bond acceptors (Lipinski definition) is 5. The molecule has 0 saturated carbocycles. The van der Waals surface area contributed by atoms with Crippen LogP contribution in [0.4, 0.5) is 0 Å². The molecule has 1 N–H and O–H groups in total. The van der Waals surface area contributed by atoms with Crippen molar-refractivity contribution in [1.82, 2.24) is 9.62 Å². The number of piperidine rings is 1. The van der Waals surface area contributed by atoms with E-state index in [1.807, 2.05) is 25.1 Å². The highest BCUT2D eigenvalue weighted by Crippen LogP contribution is 2.31.